The van der Waals surface area contributed by atoms with Crippen LogP contribution in [0.25, 0.3) is 0 Å². The third-order valence-electron chi connectivity index (χ3n) is 3.43. The quantitative estimate of drug-likeness (QED) is 0.744. The van der Waals surface area contributed by atoms with E-state index in [2.05, 4.69) is 34.7 Å². The molecule has 3 aromatic rings. The highest BCUT2D eigenvalue weighted by molar-refractivity contribution is 6.02. The van der Waals surface area contributed by atoms with E-state index in [9.17, 15) is 4.79 Å². The maximum atomic E-state index is 11.9. The summed E-state index contributed by atoms with van der Waals surface area (Å²) in [5.74, 6) is 0.720. The van der Waals surface area contributed by atoms with Crippen LogP contribution >= 0.6 is 0 Å². The topological polar surface area (TPSA) is 67.2 Å². The van der Waals surface area contributed by atoms with Gasteiger partial charge in [0.2, 0.25) is 0 Å². The minimum absolute atomic E-state index is 0.146. The number of furan rings is 1. The first-order valence-corrected chi connectivity index (χ1v) is 7.35. The van der Waals surface area contributed by atoms with Gasteiger partial charge in [-0.1, -0.05) is 30.3 Å². The van der Waals surface area contributed by atoms with Gasteiger partial charge in [-0.05, 0) is 36.8 Å². The van der Waals surface area contributed by atoms with Crippen LogP contribution in [0.4, 0.5) is 11.5 Å². The first-order valence-electron chi connectivity index (χ1n) is 7.35. The van der Waals surface area contributed by atoms with Gasteiger partial charge in [-0.2, -0.15) is 0 Å². The average molecular weight is 307 g/mol. The van der Waals surface area contributed by atoms with Crippen molar-refractivity contribution < 1.29 is 9.21 Å². The molecule has 2 heterocycles. The van der Waals surface area contributed by atoms with E-state index >= 15 is 0 Å². The zero-order valence-electron chi connectivity index (χ0n) is 12.7. The molecule has 116 valence electrons. The van der Waals surface area contributed by atoms with Crippen LogP contribution in [0.15, 0.2) is 71.5 Å². The smallest absolute Gasteiger partial charge is 0.291 e. The molecule has 0 aliphatic heterocycles. The third kappa shape index (κ3) is 3.77. The van der Waals surface area contributed by atoms with Crippen LogP contribution < -0.4 is 10.6 Å². The highest BCUT2D eigenvalue weighted by Gasteiger charge is 2.09. The first-order chi connectivity index (χ1) is 11.2. The SMILES string of the molecule is CC(Nc1ccc(NC(=O)c2ccco2)cn1)c1ccccc1. The van der Waals surface area contributed by atoms with Crippen LogP contribution in [-0.4, -0.2) is 10.9 Å². The fourth-order valence-corrected chi connectivity index (χ4v) is 2.20. The van der Waals surface area contributed by atoms with Crippen molar-refractivity contribution in [2.75, 3.05) is 10.6 Å². The van der Waals surface area contributed by atoms with Crippen molar-refractivity contribution in [2.45, 2.75) is 13.0 Å². The van der Waals surface area contributed by atoms with Crippen molar-refractivity contribution in [2.24, 2.45) is 0 Å². The lowest BCUT2D eigenvalue weighted by atomic mass is 10.1. The molecule has 1 aromatic carbocycles. The number of pyridine rings is 1. The van der Waals surface area contributed by atoms with Crippen LogP contribution in [0, 0.1) is 0 Å². The number of aromatic nitrogens is 1. The number of benzene rings is 1. The number of nitrogens with zero attached hydrogens (tertiary/aromatic N) is 1. The predicted octanol–water partition coefficient (Wildman–Crippen LogP) is 4.10. The lowest BCUT2D eigenvalue weighted by molar-refractivity contribution is 0.0996. The van der Waals surface area contributed by atoms with Crippen LogP contribution in [0.1, 0.15) is 29.1 Å². The summed E-state index contributed by atoms with van der Waals surface area (Å²) in [5, 5.41) is 6.06. The van der Waals surface area contributed by atoms with Gasteiger partial charge < -0.3 is 15.1 Å². The molecule has 0 aliphatic carbocycles. The number of anilines is 2. The Morgan fingerprint density at radius 2 is 1.91 bits per heavy atom. The lowest BCUT2D eigenvalue weighted by Gasteiger charge is -2.15. The van der Waals surface area contributed by atoms with Gasteiger partial charge >= 0.3 is 0 Å². The molecule has 0 saturated heterocycles. The molecule has 2 aromatic heterocycles. The number of hydrogen-bond donors (Lipinski definition) is 2. The summed E-state index contributed by atoms with van der Waals surface area (Å²) >= 11 is 0. The molecule has 1 unspecified atom stereocenters. The predicted molar refractivity (Wildman–Crippen MR) is 89.4 cm³/mol. The van der Waals surface area contributed by atoms with Crippen molar-refractivity contribution in [3.8, 4) is 0 Å². The number of hydrogen-bond acceptors (Lipinski definition) is 4. The van der Waals surface area contributed by atoms with Crippen molar-refractivity contribution in [1.82, 2.24) is 4.98 Å². The highest BCUT2D eigenvalue weighted by Crippen LogP contribution is 2.18. The van der Waals surface area contributed by atoms with E-state index in [-0.39, 0.29) is 17.7 Å². The van der Waals surface area contributed by atoms with E-state index in [1.807, 2.05) is 24.3 Å². The Balaban J connectivity index is 1.62. The molecule has 5 nitrogen and oxygen atoms in total. The molecule has 23 heavy (non-hydrogen) atoms. The van der Waals surface area contributed by atoms with E-state index in [0.717, 1.165) is 5.82 Å². The maximum Gasteiger partial charge on any atom is 0.291 e. The summed E-state index contributed by atoms with van der Waals surface area (Å²) in [6.45, 7) is 2.07. The summed E-state index contributed by atoms with van der Waals surface area (Å²) in [6, 6.07) is 17.2. The summed E-state index contributed by atoms with van der Waals surface area (Å²) in [6.07, 6.45) is 3.08. The minimum Gasteiger partial charge on any atom is -0.459 e. The van der Waals surface area contributed by atoms with Crippen LogP contribution in [0.5, 0.6) is 0 Å². The Hall–Kier alpha value is -3.08. The second kappa shape index (κ2) is 6.79. The Bertz CT molecular complexity index is 753. The fourth-order valence-electron chi connectivity index (χ4n) is 2.20. The molecule has 3 rings (SSSR count). The van der Waals surface area contributed by atoms with E-state index in [1.165, 1.54) is 11.8 Å². The Morgan fingerprint density at radius 3 is 2.57 bits per heavy atom. The van der Waals surface area contributed by atoms with Gasteiger partial charge in [0.25, 0.3) is 5.91 Å². The van der Waals surface area contributed by atoms with Gasteiger partial charge in [-0.25, -0.2) is 4.98 Å². The number of carbonyl (C=O) groups excluding carboxylic acids is 1. The molecule has 0 aliphatic rings. The van der Waals surface area contributed by atoms with E-state index in [1.54, 1.807) is 24.4 Å². The molecule has 0 spiro atoms. The summed E-state index contributed by atoms with van der Waals surface area (Å²) in [4.78, 5) is 16.2. The second-order valence-electron chi connectivity index (χ2n) is 5.14. The Morgan fingerprint density at radius 1 is 1.09 bits per heavy atom. The standard InChI is InChI=1S/C18H17N3O2/c1-13(14-6-3-2-4-7-14)20-17-10-9-15(12-19-17)21-18(22)16-8-5-11-23-16/h2-13H,1H3,(H,19,20)(H,21,22). The highest BCUT2D eigenvalue weighted by atomic mass is 16.3. The average Bonchev–Trinajstić information content (AvgIpc) is 3.12. The Kier molecular flexibility index (Phi) is 4.38. The van der Waals surface area contributed by atoms with Gasteiger partial charge in [0.15, 0.2) is 5.76 Å². The van der Waals surface area contributed by atoms with Crippen LogP contribution in [0.3, 0.4) is 0 Å². The van der Waals surface area contributed by atoms with Gasteiger partial charge in [0, 0.05) is 6.04 Å². The van der Waals surface area contributed by atoms with Gasteiger partial charge in [-0.3, -0.25) is 4.79 Å². The summed E-state index contributed by atoms with van der Waals surface area (Å²) in [7, 11) is 0. The third-order valence-corrected chi connectivity index (χ3v) is 3.43. The van der Waals surface area contributed by atoms with Crippen molar-refractivity contribution in [3.05, 3.63) is 78.4 Å². The minimum atomic E-state index is -0.296. The number of amides is 1. The molecular formula is C18H17N3O2. The second-order valence-corrected chi connectivity index (χ2v) is 5.14. The molecule has 0 radical (unpaired) electrons. The summed E-state index contributed by atoms with van der Waals surface area (Å²) < 4.78 is 5.05. The summed E-state index contributed by atoms with van der Waals surface area (Å²) in [5.41, 5.74) is 1.80. The van der Waals surface area contributed by atoms with E-state index in [4.69, 9.17) is 4.42 Å². The molecule has 0 bridgehead atoms. The van der Waals surface area contributed by atoms with Crippen molar-refractivity contribution >= 4 is 17.4 Å². The Labute approximate surface area is 134 Å². The van der Waals surface area contributed by atoms with Crippen molar-refractivity contribution in [1.29, 1.82) is 0 Å². The maximum absolute atomic E-state index is 11.9. The zero-order chi connectivity index (χ0) is 16.1. The first kappa shape index (κ1) is 14.8. The monoisotopic (exact) mass is 307 g/mol. The molecule has 1 amide bonds. The number of carbonyl (C=O) groups is 1. The number of nitrogens with one attached hydrogen (secondary N) is 2. The largest absolute Gasteiger partial charge is 0.459 e. The van der Waals surface area contributed by atoms with E-state index < -0.39 is 0 Å². The molecular weight excluding hydrogens is 290 g/mol. The fraction of sp³-hybridized carbons (Fsp3) is 0.111. The molecule has 5 heteroatoms. The van der Waals surface area contributed by atoms with Gasteiger partial charge in [0.1, 0.15) is 5.82 Å². The molecule has 0 fully saturated rings. The zero-order valence-corrected chi connectivity index (χ0v) is 12.7. The van der Waals surface area contributed by atoms with Crippen LogP contribution in [-0.2, 0) is 0 Å². The van der Waals surface area contributed by atoms with E-state index in [0.29, 0.717) is 5.69 Å². The lowest BCUT2D eigenvalue weighted by Crippen LogP contribution is -2.12. The normalized spacial score (nSPS) is 11.7. The van der Waals surface area contributed by atoms with Gasteiger partial charge in [-0.15, -0.1) is 0 Å². The molecule has 2 N–H and O–H groups in total. The van der Waals surface area contributed by atoms with Crippen molar-refractivity contribution in [3.63, 3.8) is 0 Å². The molecule has 0 saturated carbocycles. The van der Waals surface area contributed by atoms with Crippen LogP contribution in [0.2, 0.25) is 0 Å². The van der Waals surface area contributed by atoms with Gasteiger partial charge in [0.05, 0.1) is 18.1 Å². The molecule has 1 atom stereocenters. The number of rotatable bonds is 5.